The predicted octanol–water partition coefficient (Wildman–Crippen LogP) is 3.87. The number of aryl methyl sites for hydroxylation is 1. The van der Waals surface area contributed by atoms with Crippen LogP contribution >= 0.6 is 0 Å². The number of rotatable bonds is 2. The first-order chi connectivity index (χ1) is 18.1. The summed E-state index contributed by atoms with van der Waals surface area (Å²) in [4.78, 5) is 41.8. The average molecular weight is 513 g/mol. The summed E-state index contributed by atoms with van der Waals surface area (Å²) >= 11 is 0. The van der Waals surface area contributed by atoms with Crippen LogP contribution in [0.5, 0.6) is 28.7 Å². The Bertz CT molecular complexity index is 1950. The van der Waals surface area contributed by atoms with E-state index in [4.69, 9.17) is 9.15 Å². The normalized spacial score (nSPS) is 15.0. The molecule has 5 N–H and O–H groups in total. The largest absolute Gasteiger partial charge is 0.507 e. The van der Waals surface area contributed by atoms with Gasteiger partial charge in [-0.15, -0.1) is 0 Å². The van der Waals surface area contributed by atoms with Crippen molar-refractivity contribution in [3.8, 4) is 40.1 Å². The molecule has 38 heavy (non-hydrogen) atoms. The molecule has 1 atom stereocenters. The molecule has 2 aromatic heterocycles. The maximum absolute atomic E-state index is 13.2. The highest BCUT2D eigenvalue weighted by atomic mass is 16.5. The standard InChI is InChI=1S/C28H19NO9/c1-11-2-3-12-7-15(28(36)29-16(12)6-11)14-9-21(33)37-20-10-19(32)23-24(34)25(35)26(38-27(23)22(14)20)13-4-5-17(30)18(31)8-13/h2-8,10,14,30-32,35H,9H2,1H3,(H,29,36). The maximum atomic E-state index is 13.2. The molecule has 5 aromatic rings. The number of H-pyrrole nitrogens is 1. The molecule has 0 bridgehead atoms. The number of pyridine rings is 1. The first-order valence-electron chi connectivity index (χ1n) is 11.5. The lowest BCUT2D eigenvalue weighted by molar-refractivity contribution is -0.135. The molecule has 1 aliphatic rings. The molecule has 0 radical (unpaired) electrons. The Morgan fingerprint density at radius 1 is 0.895 bits per heavy atom. The van der Waals surface area contributed by atoms with Crippen LogP contribution in [0.2, 0.25) is 0 Å². The molecular weight excluding hydrogens is 494 g/mol. The molecule has 1 aliphatic heterocycles. The van der Waals surface area contributed by atoms with Gasteiger partial charge in [0, 0.05) is 34.2 Å². The summed E-state index contributed by atoms with van der Waals surface area (Å²) in [6.45, 7) is 1.89. The van der Waals surface area contributed by atoms with Gasteiger partial charge in [0.1, 0.15) is 22.5 Å². The molecule has 1 unspecified atom stereocenters. The van der Waals surface area contributed by atoms with Crippen LogP contribution in [0.15, 0.2) is 62.5 Å². The molecular formula is C28H19NO9. The smallest absolute Gasteiger partial charge is 0.312 e. The number of carbonyl (C=O) groups is 1. The van der Waals surface area contributed by atoms with E-state index < -0.39 is 45.9 Å². The van der Waals surface area contributed by atoms with Crippen molar-refractivity contribution < 1.29 is 34.4 Å². The summed E-state index contributed by atoms with van der Waals surface area (Å²) in [5.74, 6) is -4.43. The lowest BCUT2D eigenvalue weighted by Crippen LogP contribution is -2.26. The van der Waals surface area contributed by atoms with Crippen LogP contribution in [-0.4, -0.2) is 31.4 Å². The zero-order chi connectivity index (χ0) is 26.9. The van der Waals surface area contributed by atoms with E-state index in [1.165, 1.54) is 6.07 Å². The number of hydrogen-bond donors (Lipinski definition) is 5. The highest BCUT2D eigenvalue weighted by molar-refractivity contribution is 5.94. The van der Waals surface area contributed by atoms with E-state index >= 15 is 0 Å². The number of phenols is 3. The molecule has 0 fully saturated rings. The topological polar surface area (TPSA) is 170 Å². The number of benzene rings is 3. The third-order valence-electron chi connectivity index (χ3n) is 6.71. The van der Waals surface area contributed by atoms with E-state index in [0.717, 1.165) is 23.8 Å². The van der Waals surface area contributed by atoms with Gasteiger partial charge in [-0.1, -0.05) is 12.1 Å². The fraction of sp³-hybridized carbons (Fsp3) is 0.107. The fourth-order valence-electron chi connectivity index (χ4n) is 4.90. The van der Waals surface area contributed by atoms with Gasteiger partial charge in [0.05, 0.1) is 6.42 Å². The summed E-state index contributed by atoms with van der Waals surface area (Å²) in [5.41, 5.74) is 0.347. The summed E-state index contributed by atoms with van der Waals surface area (Å²) in [7, 11) is 0. The van der Waals surface area contributed by atoms with Crippen molar-refractivity contribution in [2.45, 2.75) is 19.3 Å². The number of esters is 1. The van der Waals surface area contributed by atoms with Crippen LogP contribution in [-0.2, 0) is 4.79 Å². The van der Waals surface area contributed by atoms with Crippen LogP contribution in [0.1, 0.15) is 29.0 Å². The molecule has 3 aromatic carbocycles. The predicted molar refractivity (Wildman–Crippen MR) is 136 cm³/mol. The van der Waals surface area contributed by atoms with E-state index in [0.29, 0.717) is 10.9 Å². The lowest BCUT2D eigenvalue weighted by atomic mass is 9.85. The molecule has 0 spiro atoms. The number of carbonyl (C=O) groups excluding carboxylic acids is 1. The third-order valence-corrected chi connectivity index (χ3v) is 6.71. The van der Waals surface area contributed by atoms with Gasteiger partial charge in [0.15, 0.2) is 17.3 Å². The summed E-state index contributed by atoms with van der Waals surface area (Å²) < 4.78 is 11.3. The highest BCUT2D eigenvalue weighted by Crippen LogP contribution is 2.47. The van der Waals surface area contributed by atoms with E-state index in [9.17, 15) is 34.8 Å². The lowest BCUT2D eigenvalue weighted by Gasteiger charge is -2.25. The van der Waals surface area contributed by atoms with Crippen LogP contribution in [0.4, 0.5) is 0 Å². The number of nitrogens with one attached hydrogen (secondary N) is 1. The van der Waals surface area contributed by atoms with Crippen LogP contribution in [0.3, 0.4) is 0 Å². The zero-order valence-corrected chi connectivity index (χ0v) is 19.7. The van der Waals surface area contributed by atoms with Crippen LogP contribution in [0, 0.1) is 6.92 Å². The molecule has 0 saturated carbocycles. The molecule has 6 rings (SSSR count). The number of aromatic hydroxyl groups is 4. The Morgan fingerprint density at radius 3 is 2.45 bits per heavy atom. The third kappa shape index (κ3) is 3.46. The van der Waals surface area contributed by atoms with E-state index in [-0.39, 0.29) is 45.6 Å². The van der Waals surface area contributed by atoms with Gasteiger partial charge in [-0.3, -0.25) is 14.4 Å². The Morgan fingerprint density at radius 2 is 1.68 bits per heavy atom. The van der Waals surface area contributed by atoms with Gasteiger partial charge < -0.3 is 34.6 Å². The molecule has 0 amide bonds. The summed E-state index contributed by atoms with van der Waals surface area (Å²) in [6.07, 6.45) is -0.257. The minimum absolute atomic E-state index is 0.0529. The van der Waals surface area contributed by atoms with Crippen molar-refractivity contribution in [1.82, 2.24) is 4.98 Å². The van der Waals surface area contributed by atoms with Gasteiger partial charge in [-0.05, 0) is 48.2 Å². The second-order valence-corrected chi connectivity index (χ2v) is 9.20. The maximum Gasteiger partial charge on any atom is 0.312 e. The Balaban J connectivity index is 1.68. The SMILES string of the molecule is Cc1ccc2cc(C3CC(=O)Oc4cc(O)c5c(=O)c(O)c(-c6ccc(O)c(O)c6)oc5c43)c(=O)[nH]c2c1. The van der Waals surface area contributed by atoms with E-state index in [1.54, 1.807) is 6.07 Å². The number of hydrogen-bond acceptors (Lipinski definition) is 9. The van der Waals surface area contributed by atoms with E-state index in [1.807, 2.05) is 25.1 Å². The number of aromatic amines is 1. The number of phenolic OH excluding ortho intramolecular Hbond substituents is 3. The van der Waals surface area contributed by atoms with Crippen molar-refractivity contribution in [2.75, 3.05) is 0 Å². The van der Waals surface area contributed by atoms with Crippen molar-refractivity contribution in [2.24, 2.45) is 0 Å². The summed E-state index contributed by atoms with van der Waals surface area (Å²) in [5, 5.41) is 41.2. The molecule has 190 valence electrons. The molecule has 0 saturated heterocycles. The molecule has 10 nitrogen and oxygen atoms in total. The van der Waals surface area contributed by atoms with Crippen molar-refractivity contribution >= 4 is 27.8 Å². The Labute approximate surface area is 212 Å². The minimum Gasteiger partial charge on any atom is -0.507 e. The molecule has 0 aliphatic carbocycles. The highest BCUT2D eigenvalue weighted by Gasteiger charge is 2.36. The van der Waals surface area contributed by atoms with Gasteiger partial charge in [-0.25, -0.2) is 0 Å². The molecule has 10 heteroatoms. The first-order valence-corrected chi connectivity index (χ1v) is 11.5. The average Bonchev–Trinajstić information content (AvgIpc) is 2.86. The minimum atomic E-state index is -0.979. The van der Waals surface area contributed by atoms with E-state index in [2.05, 4.69) is 4.98 Å². The number of aromatic nitrogens is 1. The van der Waals surface area contributed by atoms with Gasteiger partial charge in [0.25, 0.3) is 5.56 Å². The molecule has 3 heterocycles. The van der Waals surface area contributed by atoms with Crippen LogP contribution < -0.4 is 15.7 Å². The van der Waals surface area contributed by atoms with Gasteiger partial charge in [-0.2, -0.15) is 0 Å². The Hall–Kier alpha value is -5.25. The van der Waals surface area contributed by atoms with Crippen molar-refractivity contribution in [3.63, 3.8) is 0 Å². The monoisotopic (exact) mass is 513 g/mol. The quantitative estimate of drug-likeness (QED) is 0.134. The fourth-order valence-corrected chi connectivity index (χ4v) is 4.90. The van der Waals surface area contributed by atoms with Crippen LogP contribution in [0.25, 0.3) is 33.2 Å². The Kier molecular flexibility index (Phi) is 4.96. The van der Waals surface area contributed by atoms with Gasteiger partial charge in [0.2, 0.25) is 11.2 Å². The second-order valence-electron chi connectivity index (χ2n) is 9.20. The van der Waals surface area contributed by atoms with Crippen molar-refractivity contribution in [3.05, 3.63) is 85.8 Å². The first kappa shape index (κ1) is 23.2. The number of fused-ring (bicyclic) bond motifs is 4. The second kappa shape index (κ2) is 8.13. The van der Waals surface area contributed by atoms with Gasteiger partial charge >= 0.3 is 5.97 Å². The zero-order valence-electron chi connectivity index (χ0n) is 19.7. The summed E-state index contributed by atoms with van der Waals surface area (Å²) in [6, 6.07) is 11.8. The van der Waals surface area contributed by atoms with Crippen molar-refractivity contribution in [1.29, 1.82) is 0 Å². The number of ether oxygens (including phenoxy) is 1.